The largest absolute Gasteiger partial charge is 0.355 e. The van der Waals surface area contributed by atoms with E-state index in [9.17, 15) is 4.79 Å². The predicted molar refractivity (Wildman–Crippen MR) is 74.3 cm³/mol. The molecule has 2 atom stereocenters. The minimum atomic E-state index is -0.752. The molecule has 2 unspecified atom stereocenters. The van der Waals surface area contributed by atoms with Crippen LogP contribution in [0.1, 0.15) is 52.9 Å². The first kappa shape index (κ1) is 16.7. The van der Waals surface area contributed by atoms with Gasteiger partial charge in [0.15, 0.2) is 0 Å². The van der Waals surface area contributed by atoms with E-state index in [0.717, 1.165) is 24.8 Å². The van der Waals surface area contributed by atoms with Crippen molar-refractivity contribution < 1.29 is 4.79 Å². The molecule has 0 radical (unpaired) electrons. The summed E-state index contributed by atoms with van der Waals surface area (Å²) in [4.78, 5) is 11.6. The lowest BCUT2D eigenvalue weighted by Gasteiger charge is -2.29. The van der Waals surface area contributed by atoms with Crippen molar-refractivity contribution in [3.63, 3.8) is 0 Å². The highest BCUT2D eigenvalue weighted by Gasteiger charge is 2.23. The van der Waals surface area contributed by atoms with Gasteiger partial charge in [-0.15, -0.1) is 12.4 Å². The summed E-state index contributed by atoms with van der Waals surface area (Å²) < 4.78 is 0. The van der Waals surface area contributed by atoms with Gasteiger partial charge in [0.05, 0.1) is 5.54 Å². The molecule has 0 bridgehead atoms. The van der Waals surface area contributed by atoms with Gasteiger partial charge in [0, 0.05) is 6.54 Å². The van der Waals surface area contributed by atoms with Crippen LogP contribution in [-0.2, 0) is 4.79 Å². The van der Waals surface area contributed by atoms with Gasteiger partial charge in [0.25, 0.3) is 0 Å². The van der Waals surface area contributed by atoms with Crippen LogP contribution in [0.5, 0.6) is 0 Å². The Labute approximate surface area is 111 Å². The summed E-state index contributed by atoms with van der Waals surface area (Å²) in [6.45, 7) is 6.59. The number of carbonyl (C=O) groups is 1. The predicted octanol–water partition coefficient (Wildman–Crippen LogP) is 2.48. The van der Waals surface area contributed by atoms with Crippen molar-refractivity contribution in [3.05, 3.63) is 0 Å². The summed E-state index contributed by atoms with van der Waals surface area (Å²) in [5.74, 6) is 1.56. The molecule has 0 aromatic heterocycles. The molecule has 0 spiro atoms. The average Bonchev–Trinajstić information content (AvgIpc) is 2.19. The maximum Gasteiger partial charge on any atom is 0.239 e. The highest BCUT2D eigenvalue weighted by molar-refractivity contribution is 5.85. The van der Waals surface area contributed by atoms with Crippen molar-refractivity contribution in [2.45, 2.75) is 58.4 Å². The van der Waals surface area contributed by atoms with Gasteiger partial charge in [-0.25, -0.2) is 0 Å². The van der Waals surface area contributed by atoms with Crippen molar-refractivity contribution >= 4 is 18.3 Å². The quantitative estimate of drug-likeness (QED) is 0.818. The van der Waals surface area contributed by atoms with Crippen LogP contribution in [0.4, 0.5) is 0 Å². The van der Waals surface area contributed by atoms with E-state index < -0.39 is 5.54 Å². The van der Waals surface area contributed by atoms with Gasteiger partial charge in [-0.1, -0.05) is 32.6 Å². The Hall–Kier alpha value is -0.280. The zero-order valence-electron chi connectivity index (χ0n) is 11.3. The third-order valence-electron chi connectivity index (χ3n) is 3.68. The van der Waals surface area contributed by atoms with Crippen LogP contribution < -0.4 is 11.1 Å². The number of nitrogens with one attached hydrogen (secondary N) is 1. The molecular weight excluding hydrogens is 236 g/mol. The van der Waals surface area contributed by atoms with Crippen LogP contribution >= 0.6 is 12.4 Å². The first-order valence-corrected chi connectivity index (χ1v) is 6.48. The number of hydrogen-bond acceptors (Lipinski definition) is 2. The molecule has 1 aliphatic rings. The molecule has 1 saturated carbocycles. The first-order chi connectivity index (χ1) is 7.41. The van der Waals surface area contributed by atoms with E-state index in [0.29, 0.717) is 0 Å². The molecule has 0 aromatic rings. The summed E-state index contributed by atoms with van der Waals surface area (Å²) in [6.07, 6.45) is 6.50. The summed E-state index contributed by atoms with van der Waals surface area (Å²) >= 11 is 0. The molecule has 4 heteroatoms. The summed E-state index contributed by atoms with van der Waals surface area (Å²) in [5, 5.41) is 2.93. The fourth-order valence-corrected chi connectivity index (χ4v) is 2.42. The maximum atomic E-state index is 11.6. The van der Waals surface area contributed by atoms with E-state index >= 15 is 0 Å². The molecular formula is C13H27ClN2O. The number of halogens is 1. The van der Waals surface area contributed by atoms with Gasteiger partial charge >= 0.3 is 0 Å². The Morgan fingerprint density at radius 2 is 1.94 bits per heavy atom. The van der Waals surface area contributed by atoms with Gasteiger partial charge in [-0.2, -0.15) is 0 Å². The minimum Gasteiger partial charge on any atom is -0.355 e. The monoisotopic (exact) mass is 262 g/mol. The van der Waals surface area contributed by atoms with E-state index in [2.05, 4.69) is 12.2 Å². The van der Waals surface area contributed by atoms with Crippen LogP contribution in [-0.4, -0.2) is 18.0 Å². The first-order valence-electron chi connectivity index (χ1n) is 6.48. The third-order valence-corrected chi connectivity index (χ3v) is 3.68. The average molecular weight is 263 g/mol. The standard InChI is InChI=1S/C13H26N2O.ClH/c1-10-6-4-5-7-11(10)8-9-15-12(16)13(2,3)14;/h10-11H,4-9,14H2,1-3H3,(H,15,16);1H. The van der Waals surface area contributed by atoms with Crippen molar-refractivity contribution in [1.82, 2.24) is 5.32 Å². The van der Waals surface area contributed by atoms with Crippen LogP contribution in [0, 0.1) is 11.8 Å². The van der Waals surface area contributed by atoms with Gasteiger partial charge in [-0.05, 0) is 32.1 Å². The van der Waals surface area contributed by atoms with E-state index in [1.807, 2.05) is 0 Å². The normalized spacial score (nSPS) is 24.9. The summed E-state index contributed by atoms with van der Waals surface area (Å²) in [5.41, 5.74) is 4.96. The smallest absolute Gasteiger partial charge is 0.239 e. The molecule has 3 nitrogen and oxygen atoms in total. The maximum absolute atomic E-state index is 11.6. The fourth-order valence-electron chi connectivity index (χ4n) is 2.42. The van der Waals surface area contributed by atoms with E-state index in [-0.39, 0.29) is 18.3 Å². The molecule has 1 aliphatic carbocycles. The van der Waals surface area contributed by atoms with Gasteiger partial charge in [0.2, 0.25) is 5.91 Å². The fraction of sp³-hybridized carbons (Fsp3) is 0.923. The Kier molecular flexibility index (Phi) is 7.10. The van der Waals surface area contributed by atoms with E-state index in [1.54, 1.807) is 13.8 Å². The SMILES string of the molecule is CC1CCCCC1CCNC(=O)C(C)(C)N.Cl. The van der Waals surface area contributed by atoms with Crippen LogP contribution in [0.25, 0.3) is 0 Å². The number of hydrogen-bond donors (Lipinski definition) is 2. The third kappa shape index (κ3) is 5.73. The lowest BCUT2D eigenvalue weighted by molar-refractivity contribution is -0.125. The second-order valence-electron chi connectivity index (χ2n) is 5.79. The highest BCUT2D eigenvalue weighted by atomic mass is 35.5. The lowest BCUT2D eigenvalue weighted by atomic mass is 9.79. The van der Waals surface area contributed by atoms with E-state index in [1.165, 1.54) is 25.7 Å². The van der Waals surface area contributed by atoms with Gasteiger partial charge in [0.1, 0.15) is 0 Å². The summed E-state index contributed by atoms with van der Waals surface area (Å²) in [6, 6.07) is 0. The van der Waals surface area contributed by atoms with Crippen LogP contribution in [0.15, 0.2) is 0 Å². The number of nitrogens with two attached hydrogens (primary N) is 1. The molecule has 0 saturated heterocycles. The zero-order valence-corrected chi connectivity index (χ0v) is 12.1. The molecule has 102 valence electrons. The number of rotatable bonds is 4. The van der Waals surface area contributed by atoms with Crippen molar-refractivity contribution in [1.29, 1.82) is 0 Å². The minimum absolute atomic E-state index is 0. The molecule has 3 N–H and O–H groups in total. The lowest BCUT2D eigenvalue weighted by Crippen LogP contribution is -2.49. The Balaban J connectivity index is 0.00000256. The number of amides is 1. The van der Waals surface area contributed by atoms with Crippen molar-refractivity contribution in [2.24, 2.45) is 17.6 Å². The van der Waals surface area contributed by atoms with Gasteiger partial charge < -0.3 is 11.1 Å². The summed E-state index contributed by atoms with van der Waals surface area (Å²) in [7, 11) is 0. The topological polar surface area (TPSA) is 55.1 Å². The Bertz CT molecular complexity index is 238. The highest BCUT2D eigenvalue weighted by Crippen LogP contribution is 2.31. The Morgan fingerprint density at radius 3 is 2.47 bits per heavy atom. The zero-order chi connectivity index (χ0) is 12.2. The molecule has 0 heterocycles. The second-order valence-corrected chi connectivity index (χ2v) is 5.79. The number of carbonyl (C=O) groups excluding carboxylic acids is 1. The molecule has 0 aromatic carbocycles. The molecule has 1 amide bonds. The second kappa shape index (κ2) is 7.22. The van der Waals surface area contributed by atoms with E-state index in [4.69, 9.17) is 5.73 Å². The Morgan fingerprint density at radius 1 is 1.35 bits per heavy atom. The molecule has 1 rings (SSSR count). The van der Waals surface area contributed by atoms with Gasteiger partial charge in [-0.3, -0.25) is 4.79 Å². The molecule has 17 heavy (non-hydrogen) atoms. The van der Waals surface area contributed by atoms with Crippen molar-refractivity contribution in [3.8, 4) is 0 Å². The van der Waals surface area contributed by atoms with Crippen LogP contribution in [0.3, 0.4) is 0 Å². The molecule has 1 fully saturated rings. The van der Waals surface area contributed by atoms with Crippen molar-refractivity contribution in [2.75, 3.05) is 6.54 Å². The van der Waals surface area contributed by atoms with Crippen LogP contribution in [0.2, 0.25) is 0 Å². The molecule has 0 aliphatic heterocycles.